The minimum atomic E-state index is -0.397. The van der Waals surface area contributed by atoms with Gasteiger partial charge in [0.25, 0.3) is 5.56 Å². The zero-order valence-corrected chi connectivity index (χ0v) is 19.0. The van der Waals surface area contributed by atoms with E-state index < -0.39 is 6.03 Å². The summed E-state index contributed by atoms with van der Waals surface area (Å²) in [5.41, 5.74) is 1.07. The summed E-state index contributed by atoms with van der Waals surface area (Å²) in [7, 11) is 3.10. The molecule has 2 N–H and O–H groups in total. The SMILES string of the molecule is COc1cc(NC(=O)NCc2nn(CCN3CCCC3)c(=O)c3ccccc23)cc(OC)c1. The molecule has 9 heteroatoms. The minimum Gasteiger partial charge on any atom is -0.497 e. The summed E-state index contributed by atoms with van der Waals surface area (Å²) in [6, 6.07) is 12.1. The predicted molar refractivity (Wildman–Crippen MR) is 127 cm³/mol. The first-order chi connectivity index (χ1) is 16.1. The first kappa shape index (κ1) is 22.6. The van der Waals surface area contributed by atoms with Crippen molar-refractivity contribution in [3.63, 3.8) is 0 Å². The van der Waals surface area contributed by atoms with Crippen molar-refractivity contribution in [3.8, 4) is 11.5 Å². The molecule has 1 aliphatic rings. The van der Waals surface area contributed by atoms with Crippen LogP contribution in [0.15, 0.2) is 47.3 Å². The number of nitrogens with one attached hydrogen (secondary N) is 2. The number of nitrogens with zero attached hydrogens (tertiary/aromatic N) is 3. The van der Waals surface area contributed by atoms with E-state index in [1.165, 1.54) is 17.5 Å². The predicted octanol–water partition coefficient (Wildman–Crippen LogP) is 2.83. The number of benzene rings is 2. The fourth-order valence-electron chi connectivity index (χ4n) is 4.05. The molecule has 1 aromatic heterocycles. The Bertz CT molecular complexity index is 1160. The van der Waals surface area contributed by atoms with Crippen LogP contribution in [-0.4, -0.2) is 54.6 Å². The number of hydrogen-bond acceptors (Lipinski definition) is 6. The summed E-state index contributed by atoms with van der Waals surface area (Å²) in [6.07, 6.45) is 2.40. The largest absolute Gasteiger partial charge is 0.497 e. The fourth-order valence-corrected chi connectivity index (χ4v) is 4.05. The van der Waals surface area contributed by atoms with Crippen molar-refractivity contribution in [2.45, 2.75) is 25.9 Å². The van der Waals surface area contributed by atoms with Gasteiger partial charge in [-0.3, -0.25) is 4.79 Å². The standard InChI is InChI=1S/C24H29N5O4/c1-32-18-13-17(14-19(15-18)33-2)26-24(31)25-16-22-20-7-3-4-8-21(20)23(30)29(27-22)12-11-28-9-5-6-10-28/h3-4,7-8,13-15H,5-6,9-12,16H2,1-2H3,(H2,25,26,31). The average molecular weight is 452 g/mol. The topological polar surface area (TPSA) is 97.7 Å². The fraction of sp³-hybridized carbons (Fsp3) is 0.375. The van der Waals surface area contributed by atoms with Crippen LogP contribution in [0.25, 0.3) is 10.8 Å². The van der Waals surface area contributed by atoms with Crippen molar-refractivity contribution >= 4 is 22.5 Å². The lowest BCUT2D eigenvalue weighted by atomic mass is 10.1. The monoisotopic (exact) mass is 451 g/mol. The zero-order chi connectivity index (χ0) is 23.2. The van der Waals surface area contributed by atoms with Crippen molar-refractivity contribution in [2.75, 3.05) is 39.2 Å². The third kappa shape index (κ3) is 5.43. The maximum absolute atomic E-state index is 12.9. The number of anilines is 1. The number of carbonyl (C=O) groups is 1. The molecule has 0 aliphatic carbocycles. The summed E-state index contributed by atoms with van der Waals surface area (Å²) in [4.78, 5) is 27.9. The van der Waals surface area contributed by atoms with Gasteiger partial charge in [-0.15, -0.1) is 0 Å². The van der Waals surface area contributed by atoms with Crippen LogP contribution in [-0.2, 0) is 13.1 Å². The van der Waals surface area contributed by atoms with Gasteiger partial charge in [-0.1, -0.05) is 18.2 Å². The summed E-state index contributed by atoms with van der Waals surface area (Å²) in [6.45, 7) is 3.61. The third-order valence-electron chi connectivity index (χ3n) is 5.80. The number of aromatic nitrogens is 2. The third-order valence-corrected chi connectivity index (χ3v) is 5.80. The molecule has 0 spiro atoms. The molecule has 2 heterocycles. The molecule has 174 valence electrons. The zero-order valence-electron chi connectivity index (χ0n) is 19.0. The second-order valence-corrected chi connectivity index (χ2v) is 7.98. The Morgan fingerprint density at radius 2 is 1.67 bits per heavy atom. The molecule has 1 fully saturated rings. The van der Waals surface area contributed by atoms with E-state index in [0.717, 1.165) is 25.0 Å². The summed E-state index contributed by atoms with van der Waals surface area (Å²) >= 11 is 0. The van der Waals surface area contributed by atoms with E-state index in [-0.39, 0.29) is 12.1 Å². The molecule has 0 bridgehead atoms. The second kappa shape index (κ2) is 10.4. The van der Waals surface area contributed by atoms with Crippen LogP contribution in [0.4, 0.5) is 10.5 Å². The molecule has 1 aliphatic heterocycles. The van der Waals surface area contributed by atoms with Crippen LogP contribution >= 0.6 is 0 Å². The number of likely N-dealkylation sites (tertiary alicyclic amines) is 1. The molecule has 0 radical (unpaired) electrons. The molecule has 33 heavy (non-hydrogen) atoms. The number of rotatable bonds is 8. The molecule has 0 unspecified atom stereocenters. The lowest BCUT2D eigenvalue weighted by molar-refractivity contribution is 0.251. The van der Waals surface area contributed by atoms with Crippen LogP contribution in [0.5, 0.6) is 11.5 Å². The lowest BCUT2D eigenvalue weighted by Gasteiger charge is -2.16. The van der Waals surface area contributed by atoms with Crippen LogP contribution in [0.2, 0.25) is 0 Å². The van der Waals surface area contributed by atoms with Gasteiger partial charge in [0.05, 0.1) is 38.4 Å². The van der Waals surface area contributed by atoms with Gasteiger partial charge in [-0.05, 0) is 32.0 Å². The van der Waals surface area contributed by atoms with E-state index in [2.05, 4.69) is 20.6 Å². The summed E-state index contributed by atoms with van der Waals surface area (Å²) in [5.74, 6) is 1.14. The van der Waals surface area contributed by atoms with Gasteiger partial charge in [-0.2, -0.15) is 5.10 Å². The Kier molecular flexibility index (Phi) is 7.09. The maximum atomic E-state index is 12.9. The molecule has 2 amide bonds. The molecular weight excluding hydrogens is 422 g/mol. The number of ether oxygens (including phenoxy) is 2. The molecule has 0 saturated carbocycles. The van der Waals surface area contributed by atoms with Crippen LogP contribution < -0.4 is 25.7 Å². The van der Waals surface area contributed by atoms with E-state index in [1.54, 1.807) is 38.5 Å². The highest BCUT2D eigenvalue weighted by Gasteiger charge is 2.15. The minimum absolute atomic E-state index is 0.110. The van der Waals surface area contributed by atoms with Crippen molar-refractivity contribution in [2.24, 2.45) is 0 Å². The molecule has 4 rings (SSSR count). The molecule has 9 nitrogen and oxygen atoms in total. The molecular formula is C24H29N5O4. The average Bonchev–Trinajstić information content (AvgIpc) is 3.36. The number of fused-ring (bicyclic) bond motifs is 1. The lowest BCUT2D eigenvalue weighted by Crippen LogP contribution is -2.33. The maximum Gasteiger partial charge on any atom is 0.319 e. The van der Waals surface area contributed by atoms with Crippen molar-refractivity contribution in [3.05, 3.63) is 58.5 Å². The number of hydrogen-bond donors (Lipinski definition) is 2. The van der Waals surface area contributed by atoms with Gasteiger partial charge in [0.2, 0.25) is 0 Å². The van der Waals surface area contributed by atoms with Gasteiger partial charge >= 0.3 is 6.03 Å². The highest BCUT2D eigenvalue weighted by Crippen LogP contribution is 2.25. The van der Waals surface area contributed by atoms with Gasteiger partial charge < -0.3 is 25.0 Å². The Morgan fingerprint density at radius 3 is 2.33 bits per heavy atom. The number of methoxy groups -OCH3 is 2. The van der Waals surface area contributed by atoms with Crippen LogP contribution in [0.1, 0.15) is 18.5 Å². The number of urea groups is 1. The Labute approximate surface area is 192 Å². The highest BCUT2D eigenvalue weighted by molar-refractivity contribution is 5.90. The Hall–Kier alpha value is -3.59. The van der Waals surface area contributed by atoms with E-state index in [9.17, 15) is 9.59 Å². The summed E-state index contributed by atoms with van der Waals surface area (Å²) < 4.78 is 12.0. The van der Waals surface area contributed by atoms with E-state index in [4.69, 9.17) is 9.47 Å². The first-order valence-electron chi connectivity index (χ1n) is 11.1. The quantitative estimate of drug-likeness (QED) is 0.547. The molecule has 0 atom stereocenters. The Balaban J connectivity index is 1.50. The van der Waals surface area contributed by atoms with E-state index in [0.29, 0.717) is 34.8 Å². The molecule has 1 saturated heterocycles. The van der Waals surface area contributed by atoms with E-state index in [1.807, 2.05) is 18.2 Å². The smallest absolute Gasteiger partial charge is 0.319 e. The molecule has 3 aromatic rings. The number of carbonyl (C=O) groups excluding carboxylic acids is 1. The number of amides is 2. The van der Waals surface area contributed by atoms with Crippen LogP contribution in [0, 0.1) is 0 Å². The van der Waals surface area contributed by atoms with Gasteiger partial charge in [0.15, 0.2) is 0 Å². The van der Waals surface area contributed by atoms with Gasteiger partial charge in [0, 0.05) is 35.8 Å². The highest BCUT2D eigenvalue weighted by atomic mass is 16.5. The van der Waals surface area contributed by atoms with Crippen molar-refractivity contribution in [1.29, 1.82) is 0 Å². The van der Waals surface area contributed by atoms with Gasteiger partial charge in [-0.25, -0.2) is 9.48 Å². The molecule has 2 aromatic carbocycles. The Morgan fingerprint density at radius 1 is 1.00 bits per heavy atom. The van der Waals surface area contributed by atoms with Gasteiger partial charge in [0.1, 0.15) is 11.5 Å². The van der Waals surface area contributed by atoms with Crippen molar-refractivity contribution in [1.82, 2.24) is 20.0 Å². The van der Waals surface area contributed by atoms with Crippen LogP contribution in [0.3, 0.4) is 0 Å². The second-order valence-electron chi connectivity index (χ2n) is 7.98. The van der Waals surface area contributed by atoms with E-state index >= 15 is 0 Å². The normalized spacial score (nSPS) is 13.8. The van der Waals surface area contributed by atoms with Crippen molar-refractivity contribution < 1.29 is 14.3 Å². The first-order valence-corrected chi connectivity index (χ1v) is 11.1. The summed E-state index contributed by atoms with van der Waals surface area (Å²) in [5, 5.41) is 11.6.